The Bertz CT molecular complexity index is 1270. The van der Waals surface area contributed by atoms with Crippen LogP contribution in [0.4, 0.5) is 0 Å². The van der Waals surface area contributed by atoms with Crippen LogP contribution in [0.3, 0.4) is 0 Å². The van der Waals surface area contributed by atoms with E-state index in [0.717, 1.165) is 20.4 Å². The molecule has 0 aliphatic rings. The van der Waals surface area contributed by atoms with Gasteiger partial charge >= 0.3 is 5.69 Å². The number of aromatic nitrogens is 6. The summed E-state index contributed by atoms with van der Waals surface area (Å²) in [4.78, 5) is 37.1. The molecule has 10 heteroatoms. The lowest BCUT2D eigenvalue weighted by Gasteiger charge is -2.09. The van der Waals surface area contributed by atoms with E-state index in [0.29, 0.717) is 28.6 Å². The molecule has 0 amide bonds. The number of halogens is 1. The van der Waals surface area contributed by atoms with Crippen LogP contribution >= 0.6 is 27.7 Å². The summed E-state index contributed by atoms with van der Waals surface area (Å²) in [5.41, 5.74) is 1.05. The zero-order chi connectivity index (χ0) is 19.8. The van der Waals surface area contributed by atoms with E-state index < -0.39 is 5.69 Å². The zero-order valence-electron chi connectivity index (χ0n) is 15.2. The Labute approximate surface area is 172 Å². The van der Waals surface area contributed by atoms with E-state index in [1.165, 1.54) is 23.4 Å². The maximum atomic E-state index is 12.9. The van der Waals surface area contributed by atoms with Crippen molar-refractivity contribution in [3.8, 4) is 0 Å². The lowest BCUT2D eigenvalue weighted by Crippen LogP contribution is -2.37. The van der Waals surface area contributed by atoms with E-state index >= 15 is 0 Å². The van der Waals surface area contributed by atoms with Gasteiger partial charge < -0.3 is 9.55 Å². The van der Waals surface area contributed by atoms with E-state index in [-0.39, 0.29) is 5.56 Å². The molecule has 0 atom stereocenters. The number of nitrogens with zero attached hydrogens (tertiary/aromatic N) is 5. The second-order valence-electron chi connectivity index (χ2n) is 6.31. The van der Waals surface area contributed by atoms with Gasteiger partial charge in [0.25, 0.3) is 5.56 Å². The topological polar surface area (TPSA) is 90.5 Å². The molecule has 0 aliphatic carbocycles. The number of hydrogen-bond donors (Lipinski definition) is 1. The van der Waals surface area contributed by atoms with Crippen molar-refractivity contribution in [2.45, 2.75) is 17.5 Å². The van der Waals surface area contributed by atoms with Gasteiger partial charge in [0.2, 0.25) is 0 Å². The Morgan fingerprint density at radius 1 is 1.21 bits per heavy atom. The van der Waals surface area contributed by atoms with E-state index in [2.05, 4.69) is 30.9 Å². The number of aryl methyl sites for hydroxylation is 1. The molecule has 0 aliphatic heterocycles. The van der Waals surface area contributed by atoms with Crippen molar-refractivity contribution in [2.24, 2.45) is 14.1 Å². The van der Waals surface area contributed by atoms with Crippen LogP contribution in [0.2, 0.25) is 0 Å². The summed E-state index contributed by atoms with van der Waals surface area (Å²) < 4.78 is 5.35. The third kappa shape index (κ3) is 3.33. The molecule has 0 radical (unpaired) electrons. The quantitative estimate of drug-likeness (QED) is 0.461. The van der Waals surface area contributed by atoms with Crippen LogP contribution < -0.4 is 11.2 Å². The van der Waals surface area contributed by atoms with Crippen LogP contribution in [0.25, 0.3) is 11.2 Å². The Hall–Kier alpha value is -2.59. The highest BCUT2D eigenvalue weighted by atomic mass is 79.9. The van der Waals surface area contributed by atoms with Gasteiger partial charge in [0.1, 0.15) is 5.82 Å². The van der Waals surface area contributed by atoms with Crippen LogP contribution in [0.1, 0.15) is 11.4 Å². The molecule has 3 aromatic heterocycles. The van der Waals surface area contributed by atoms with Crippen LogP contribution in [0, 0.1) is 0 Å². The molecule has 0 fully saturated rings. The van der Waals surface area contributed by atoms with E-state index in [4.69, 9.17) is 0 Å². The summed E-state index contributed by atoms with van der Waals surface area (Å²) in [5, 5.41) is 0.657. The van der Waals surface area contributed by atoms with Gasteiger partial charge in [-0.3, -0.25) is 13.9 Å². The highest BCUT2D eigenvalue weighted by Crippen LogP contribution is 2.25. The van der Waals surface area contributed by atoms with Crippen molar-refractivity contribution in [2.75, 3.05) is 0 Å². The number of imidazole rings is 2. The fraction of sp³-hybridized carbons (Fsp3) is 0.222. The maximum absolute atomic E-state index is 12.9. The molecule has 0 saturated heterocycles. The minimum Gasteiger partial charge on any atom is -0.348 e. The number of benzene rings is 1. The number of H-pyrrole nitrogens is 1. The van der Waals surface area contributed by atoms with Crippen molar-refractivity contribution >= 4 is 38.9 Å². The molecule has 0 unspecified atom stereocenters. The number of fused-ring (bicyclic) bond motifs is 1. The average Bonchev–Trinajstić information content (AvgIpc) is 3.31. The molecule has 28 heavy (non-hydrogen) atoms. The molecular weight excluding hydrogens is 444 g/mol. The molecule has 4 aromatic rings. The second kappa shape index (κ2) is 7.44. The van der Waals surface area contributed by atoms with Gasteiger partial charge in [0, 0.05) is 31.0 Å². The molecule has 0 bridgehead atoms. The van der Waals surface area contributed by atoms with E-state index in [1.807, 2.05) is 28.8 Å². The fourth-order valence-corrected chi connectivity index (χ4v) is 4.34. The lowest BCUT2D eigenvalue weighted by molar-refractivity contribution is 0.696. The van der Waals surface area contributed by atoms with E-state index in [9.17, 15) is 9.59 Å². The van der Waals surface area contributed by atoms with Crippen molar-refractivity contribution in [1.82, 2.24) is 28.7 Å². The first-order valence-electron chi connectivity index (χ1n) is 8.47. The fourth-order valence-electron chi connectivity index (χ4n) is 3.01. The van der Waals surface area contributed by atoms with Crippen LogP contribution in [0.15, 0.2) is 55.9 Å². The van der Waals surface area contributed by atoms with Gasteiger partial charge in [0.05, 0.1) is 12.3 Å². The molecule has 3 heterocycles. The van der Waals surface area contributed by atoms with E-state index in [1.54, 1.807) is 19.4 Å². The Morgan fingerprint density at radius 3 is 2.75 bits per heavy atom. The third-order valence-electron chi connectivity index (χ3n) is 4.44. The monoisotopic (exact) mass is 460 g/mol. The number of aromatic amines is 1. The van der Waals surface area contributed by atoms with Crippen LogP contribution in [0.5, 0.6) is 0 Å². The molecule has 8 nitrogen and oxygen atoms in total. The van der Waals surface area contributed by atoms with Crippen molar-refractivity contribution in [1.29, 1.82) is 0 Å². The van der Waals surface area contributed by atoms with Gasteiger partial charge in [-0.15, -0.1) is 0 Å². The first-order valence-corrected chi connectivity index (χ1v) is 10.3. The smallest absolute Gasteiger partial charge is 0.332 e. The predicted molar refractivity (Wildman–Crippen MR) is 112 cm³/mol. The Morgan fingerprint density at radius 2 is 2.04 bits per heavy atom. The second-order valence-corrected chi connectivity index (χ2v) is 8.17. The minimum atomic E-state index is -0.396. The van der Waals surface area contributed by atoms with Gasteiger partial charge in [-0.25, -0.2) is 14.8 Å². The first kappa shape index (κ1) is 18.8. The summed E-state index contributed by atoms with van der Waals surface area (Å²) in [6.07, 6.45) is 3.46. The lowest BCUT2D eigenvalue weighted by atomic mass is 10.2. The Balaban J connectivity index is 1.88. The number of thioether (sulfide) groups is 1. The summed E-state index contributed by atoms with van der Waals surface area (Å²) in [7, 11) is 3.11. The largest absolute Gasteiger partial charge is 0.348 e. The molecule has 1 N–H and O–H groups in total. The van der Waals surface area contributed by atoms with Gasteiger partial charge in [-0.05, 0) is 17.7 Å². The number of nitrogens with one attached hydrogen (secondary N) is 1. The average molecular weight is 461 g/mol. The molecule has 4 rings (SSSR count). The standard InChI is InChI=1S/C18H17BrN6O2S/c1-23-15-14(16(26)24(2)18(23)27)25(9-11-4-3-5-12(19)8-11)17(22-15)28-10-13-20-6-7-21-13/h3-8H,9-10H2,1-2H3,(H,20,21). The molecule has 0 saturated carbocycles. The van der Waals surface area contributed by atoms with Crippen LogP contribution in [-0.2, 0) is 26.4 Å². The van der Waals surface area contributed by atoms with Crippen LogP contribution in [-0.4, -0.2) is 28.7 Å². The molecule has 0 spiro atoms. The predicted octanol–water partition coefficient (Wildman–Crippen LogP) is 2.26. The van der Waals surface area contributed by atoms with Crippen molar-refractivity contribution in [3.63, 3.8) is 0 Å². The minimum absolute atomic E-state index is 0.356. The maximum Gasteiger partial charge on any atom is 0.332 e. The summed E-state index contributed by atoms with van der Waals surface area (Å²) in [5.74, 6) is 1.39. The van der Waals surface area contributed by atoms with Crippen molar-refractivity contribution < 1.29 is 0 Å². The van der Waals surface area contributed by atoms with Gasteiger partial charge in [0.15, 0.2) is 16.3 Å². The highest BCUT2D eigenvalue weighted by Gasteiger charge is 2.20. The summed E-state index contributed by atoms with van der Waals surface area (Å²) in [6.45, 7) is 0.462. The van der Waals surface area contributed by atoms with Gasteiger partial charge in [-0.1, -0.05) is 39.8 Å². The first-order chi connectivity index (χ1) is 13.5. The van der Waals surface area contributed by atoms with Crippen molar-refractivity contribution in [3.05, 3.63) is 73.4 Å². The molecule has 144 valence electrons. The Kier molecular flexibility index (Phi) is 4.98. The SMILES string of the molecule is Cn1c(=O)c2c(nc(SCc3ncc[nH]3)n2Cc2cccc(Br)c2)n(C)c1=O. The summed E-state index contributed by atoms with van der Waals surface area (Å²) >= 11 is 4.95. The number of rotatable bonds is 5. The molecular formula is C18H17BrN6O2S. The zero-order valence-corrected chi connectivity index (χ0v) is 17.6. The summed E-state index contributed by atoms with van der Waals surface area (Å²) in [6, 6.07) is 7.89. The normalized spacial score (nSPS) is 11.4. The number of hydrogen-bond acceptors (Lipinski definition) is 5. The highest BCUT2D eigenvalue weighted by molar-refractivity contribution is 9.10. The molecule has 1 aromatic carbocycles. The van der Waals surface area contributed by atoms with Gasteiger partial charge in [-0.2, -0.15) is 0 Å². The third-order valence-corrected chi connectivity index (χ3v) is 5.92.